The lowest BCUT2D eigenvalue weighted by atomic mass is 10.1. The first-order chi connectivity index (χ1) is 11.1. The summed E-state index contributed by atoms with van der Waals surface area (Å²) in [6.07, 6.45) is 0.264. The Bertz CT molecular complexity index is 629. The molecule has 2 aromatic carbocycles. The van der Waals surface area contributed by atoms with Gasteiger partial charge in [-0.1, -0.05) is 60.7 Å². The smallest absolute Gasteiger partial charge is 0.326 e. The third-order valence-electron chi connectivity index (χ3n) is 3.37. The van der Waals surface area contributed by atoms with Crippen LogP contribution in [0.4, 0.5) is 0 Å². The molecule has 0 fully saturated rings. The standard InChI is InChI=1S/C18H20N2O3/c21-17(13-19-12-15-9-5-2-6-10-15)20-16(18(22)23)11-14-7-3-1-4-8-14/h1-10,16,19H,11-13H2,(H,20,21)(H,22,23)/t16-/m0/s1. The van der Waals surface area contributed by atoms with Gasteiger partial charge < -0.3 is 15.7 Å². The Labute approximate surface area is 135 Å². The molecule has 0 saturated heterocycles. The van der Waals surface area contributed by atoms with Crippen LogP contribution < -0.4 is 10.6 Å². The number of hydrogen-bond acceptors (Lipinski definition) is 3. The van der Waals surface area contributed by atoms with Crippen molar-refractivity contribution in [2.45, 2.75) is 19.0 Å². The molecule has 0 aliphatic heterocycles. The van der Waals surface area contributed by atoms with E-state index in [9.17, 15) is 14.7 Å². The summed E-state index contributed by atoms with van der Waals surface area (Å²) in [4.78, 5) is 23.2. The van der Waals surface area contributed by atoms with Crippen molar-refractivity contribution in [2.24, 2.45) is 0 Å². The molecule has 120 valence electrons. The molecule has 0 saturated carbocycles. The van der Waals surface area contributed by atoms with Gasteiger partial charge in [0.2, 0.25) is 5.91 Å². The van der Waals surface area contributed by atoms with Crippen molar-refractivity contribution in [2.75, 3.05) is 6.54 Å². The van der Waals surface area contributed by atoms with Crippen LogP contribution in [0.5, 0.6) is 0 Å². The van der Waals surface area contributed by atoms with Gasteiger partial charge in [-0.25, -0.2) is 4.79 Å². The molecule has 23 heavy (non-hydrogen) atoms. The zero-order chi connectivity index (χ0) is 16.5. The average molecular weight is 312 g/mol. The summed E-state index contributed by atoms with van der Waals surface area (Å²) in [5.74, 6) is -1.37. The maximum Gasteiger partial charge on any atom is 0.326 e. The SMILES string of the molecule is O=C(CNCc1ccccc1)N[C@@H](Cc1ccccc1)C(=O)O. The predicted octanol–water partition coefficient (Wildman–Crippen LogP) is 1.59. The van der Waals surface area contributed by atoms with Crippen molar-refractivity contribution in [1.29, 1.82) is 0 Å². The number of rotatable bonds is 8. The largest absolute Gasteiger partial charge is 0.480 e. The summed E-state index contributed by atoms with van der Waals surface area (Å²) in [5.41, 5.74) is 1.94. The number of amides is 1. The first-order valence-corrected chi connectivity index (χ1v) is 7.46. The molecule has 0 radical (unpaired) electrons. The molecule has 0 aromatic heterocycles. The van der Waals surface area contributed by atoms with Gasteiger partial charge in [0, 0.05) is 13.0 Å². The number of carbonyl (C=O) groups is 2. The lowest BCUT2D eigenvalue weighted by Crippen LogP contribution is -2.45. The van der Waals surface area contributed by atoms with Gasteiger partial charge >= 0.3 is 5.97 Å². The topological polar surface area (TPSA) is 78.4 Å². The number of carbonyl (C=O) groups excluding carboxylic acids is 1. The fraction of sp³-hybridized carbons (Fsp3) is 0.222. The van der Waals surface area contributed by atoms with E-state index in [0.717, 1.165) is 11.1 Å². The van der Waals surface area contributed by atoms with E-state index in [0.29, 0.717) is 6.54 Å². The van der Waals surface area contributed by atoms with Crippen LogP contribution >= 0.6 is 0 Å². The number of carboxylic acids is 1. The highest BCUT2D eigenvalue weighted by Gasteiger charge is 2.19. The minimum atomic E-state index is -1.04. The quantitative estimate of drug-likeness (QED) is 0.692. The maximum atomic E-state index is 11.9. The Kier molecular flexibility index (Phi) is 6.32. The van der Waals surface area contributed by atoms with E-state index in [-0.39, 0.29) is 18.9 Å². The fourth-order valence-corrected chi connectivity index (χ4v) is 2.21. The molecule has 5 nitrogen and oxygen atoms in total. The normalized spacial score (nSPS) is 11.7. The predicted molar refractivity (Wildman–Crippen MR) is 87.9 cm³/mol. The first-order valence-electron chi connectivity index (χ1n) is 7.46. The molecule has 0 bridgehead atoms. The third kappa shape index (κ3) is 5.92. The number of hydrogen-bond donors (Lipinski definition) is 3. The Morgan fingerprint density at radius 3 is 2.04 bits per heavy atom. The van der Waals surface area contributed by atoms with Crippen molar-refractivity contribution >= 4 is 11.9 Å². The minimum Gasteiger partial charge on any atom is -0.480 e. The van der Waals surface area contributed by atoms with Gasteiger partial charge in [-0.05, 0) is 11.1 Å². The Morgan fingerprint density at radius 1 is 0.913 bits per heavy atom. The van der Waals surface area contributed by atoms with Crippen LogP contribution in [-0.4, -0.2) is 29.6 Å². The van der Waals surface area contributed by atoms with Gasteiger partial charge in [-0.3, -0.25) is 4.79 Å². The lowest BCUT2D eigenvalue weighted by Gasteiger charge is -2.15. The zero-order valence-electron chi connectivity index (χ0n) is 12.7. The summed E-state index contributed by atoms with van der Waals surface area (Å²) < 4.78 is 0. The molecule has 0 heterocycles. The average Bonchev–Trinajstić information content (AvgIpc) is 2.56. The summed E-state index contributed by atoms with van der Waals surface area (Å²) in [7, 11) is 0. The molecule has 1 amide bonds. The fourth-order valence-electron chi connectivity index (χ4n) is 2.21. The van der Waals surface area contributed by atoms with Gasteiger partial charge in [0.1, 0.15) is 6.04 Å². The van der Waals surface area contributed by atoms with Crippen LogP contribution in [0.1, 0.15) is 11.1 Å². The molecule has 2 aromatic rings. The number of aliphatic carboxylic acids is 1. The lowest BCUT2D eigenvalue weighted by molar-refractivity contribution is -0.141. The molecule has 0 aliphatic rings. The number of benzene rings is 2. The van der Waals surface area contributed by atoms with Crippen LogP contribution in [0, 0.1) is 0 Å². The van der Waals surface area contributed by atoms with Crippen LogP contribution in [0.3, 0.4) is 0 Å². The van der Waals surface area contributed by atoms with Gasteiger partial charge in [0.05, 0.1) is 6.54 Å². The maximum absolute atomic E-state index is 11.9. The van der Waals surface area contributed by atoms with Crippen molar-refractivity contribution < 1.29 is 14.7 Å². The van der Waals surface area contributed by atoms with Gasteiger partial charge in [0.15, 0.2) is 0 Å². The summed E-state index contributed by atoms with van der Waals surface area (Å²) in [6.45, 7) is 0.637. The Balaban J connectivity index is 1.80. The summed E-state index contributed by atoms with van der Waals surface area (Å²) in [5, 5.41) is 14.8. The van der Waals surface area contributed by atoms with Crippen molar-refractivity contribution in [3.63, 3.8) is 0 Å². The molecular formula is C18H20N2O3. The van der Waals surface area contributed by atoms with Gasteiger partial charge in [-0.2, -0.15) is 0 Å². The second-order valence-corrected chi connectivity index (χ2v) is 5.24. The monoisotopic (exact) mass is 312 g/mol. The van der Waals surface area contributed by atoms with E-state index in [2.05, 4.69) is 10.6 Å². The van der Waals surface area contributed by atoms with Crippen molar-refractivity contribution in [3.05, 3.63) is 71.8 Å². The van der Waals surface area contributed by atoms with Crippen LogP contribution in [0.2, 0.25) is 0 Å². The summed E-state index contributed by atoms with van der Waals surface area (Å²) in [6, 6.07) is 18.0. The van der Waals surface area contributed by atoms with Gasteiger partial charge in [-0.15, -0.1) is 0 Å². The molecule has 5 heteroatoms. The Morgan fingerprint density at radius 2 is 1.48 bits per heavy atom. The molecule has 1 atom stereocenters. The molecule has 2 rings (SSSR count). The third-order valence-corrected chi connectivity index (χ3v) is 3.37. The van der Waals surface area contributed by atoms with Crippen molar-refractivity contribution in [3.8, 4) is 0 Å². The van der Waals surface area contributed by atoms with E-state index in [1.54, 1.807) is 0 Å². The van der Waals surface area contributed by atoms with Crippen LogP contribution in [-0.2, 0) is 22.6 Å². The Hall–Kier alpha value is -2.66. The number of carboxylic acid groups (broad SMARTS) is 1. The van der Waals surface area contributed by atoms with E-state index in [1.807, 2.05) is 60.7 Å². The molecule has 0 unspecified atom stereocenters. The molecular weight excluding hydrogens is 292 g/mol. The highest BCUT2D eigenvalue weighted by Crippen LogP contribution is 2.03. The van der Waals surface area contributed by atoms with Crippen LogP contribution in [0.25, 0.3) is 0 Å². The molecule has 0 spiro atoms. The highest BCUT2D eigenvalue weighted by atomic mass is 16.4. The number of nitrogens with one attached hydrogen (secondary N) is 2. The first kappa shape index (κ1) is 16.7. The van der Waals surface area contributed by atoms with Crippen LogP contribution in [0.15, 0.2) is 60.7 Å². The molecule has 3 N–H and O–H groups in total. The second-order valence-electron chi connectivity index (χ2n) is 5.24. The van der Waals surface area contributed by atoms with E-state index < -0.39 is 12.0 Å². The van der Waals surface area contributed by atoms with E-state index in [1.165, 1.54) is 0 Å². The van der Waals surface area contributed by atoms with E-state index >= 15 is 0 Å². The second kappa shape index (κ2) is 8.70. The molecule has 0 aliphatic carbocycles. The van der Waals surface area contributed by atoms with E-state index in [4.69, 9.17) is 0 Å². The highest BCUT2D eigenvalue weighted by molar-refractivity contribution is 5.84. The summed E-state index contributed by atoms with van der Waals surface area (Å²) >= 11 is 0. The minimum absolute atomic E-state index is 0.0768. The van der Waals surface area contributed by atoms with Gasteiger partial charge in [0.25, 0.3) is 0 Å². The zero-order valence-corrected chi connectivity index (χ0v) is 12.7. The van der Waals surface area contributed by atoms with Crippen molar-refractivity contribution in [1.82, 2.24) is 10.6 Å².